The molecule has 278 valence electrons. The fraction of sp³-hybridized carbons (Fsp3) is 0.487. The van der Waals surface area contributed by atoms with E-state index >= 15 is 0 Å². The Bertz CT molecular complexity index is 1930. The summed E-state index contributed by atoms with van der Waals surface area (Å²) in [5, 5.41) is 2.89. The Morgan fingerprint density at radius 2 is 1.69 bits per heavy atom. The highest BCUT2D eigenvalue weighted by Crippen LogP contribution is 2.55. The fourth-order valence-electron chi connectivity index (χ4n) is 6.88. The standard InChI is InChI=1S/C39H47F2N5O5S/c1-24(37(2,3)4)45(36(49)50-21-25-11-9-8-10-12-25)20-26-13-14-29-28(17-26)42-34(43-33(47)31-16-15-30(52-31)32(40)41)46(29)27-18-39(19-27)22-44(23-39)35(48)51-38(5,6)7/h8-17,24,27,32H,18-23H2,1-7H3,(H,42,43,47)/t24-/m0/s1. The van der Waals surface area contributed by atoms with E-state index in [4.69, 9.17) is 14.5 Å². The van der Waals surface area contributed by atoms with Gasteiger partial charge in [0.25, 0.3) is 12.3 Å². The molecular formula is C39H47F2N5O5S. The minimum Gasteiger partial charge on any atom is -0.445 e. The number of hydrogen-bond donors (Lipinski definition) is 1. The number of anilines is 1. The Hall–Kier alpha value is -4.52. The molecule has 1 saturated heterocycles. The van der Waals surface area contributed by atoms with Crippen LogP contribution in [0.15, 0.2) is 60.7 Å². The van der Waals surface area contributed by atoms with Gasteiger partial charge in [-0.25, -0.2) is 23.4 Å². The summed E-state index contributed by atoms with van der Waals surface area (Å²) in [6, 6.07) is 17.8. The molecular weight excluding hydrogens is 689 g/mol. The largest absolute Gasteiger partial charge is 0.445 e. The minimum atomic E-state index is -2.67. The smallest absolute Gasteiger partial charge is 0.410 e. The summed E-state index contributed by atoms with van der Waals surface area (Å²) in [5.74, 6) is -0.205. The highest BCUT2D eigenvalue weighted by Gasteiger charge is 2.55. The third-order valence-corrected chi connectivity index (χ3v) is 11.1. The predicted octanol–water partition coefficient (Wildman–Crippen LogP) is 9.43. The van der Waals surface area contributed by atoms with Crippen LogP contribution in [0.3, 0.4) is 0 Å². The van der Waals surface area contributed by atoms with E-state index in [1.165, 1.54) is 12.1 Å². The molecule has 2 aromatic carbocycles. The molecule has 1 aliphatic heterocycles. The number of likely N-dealkylation sites (tertiary alicyclic amines) is 1. The van der Waals surface area contributed by atoms with E-state index in [1.807, 2.05) is 80.8 Å². The molecule has 2 aromatic heterocycles. The van der Waals surface area contributed by atoms with Crippen LogP contribution in [0.4, 0.5) is 24.3 Å². The first-order valence-corrected chi connectivity index (χ1v) is 18.4. The Labute approximate surface area is 307 Å². The molecule has 2 aliphatic rings. The first-order valence-electron chi connectivity index (χ1n) is 17.6. The third-order valence-electron chi connectivity index (χ3n) is 9.96. The highest BCUT2D eigenvalue weighted by molar-refractivity contribution is 7.14. The van der Waals surface area contributed by atoms with Gasteiger partial charge in [0.1, 0.15) is 12.2 Å². The zero-order valence-corrected chi connectivity index (χ0v) is 31.6. The van der Waals surface area contributed by atoms with Crippen molar-refractivity contribution >= 4 is 46.4 Å². The van der Waals surface area contributed by atoms with Gasteiger partial charge in [-0.3, -0.25) is 10.1 Å². The summed E-state index contributed by atoms with van der Waals surface area (Å²) in [5.41, 5.74) is 2.28. The van der Waals surface area contributed by atoms with Gasteiger partial charge in [0.15, 0.2) is 0 Å². The molecule has 13 heteroatoms. The van der Waals surface area contributed by atoms with Crippen molar-refractivity contribution in [1.82, 2.24) is 19.4 Å². The molecule has 1 spiro atoms. The summed E-state index contributed by atoms with van der Waals surface area (Å²) in [7, 11) is 0. The van der Waals surface area contributed by atoms with Gasteiger partial charge in [-0.2, -0.15) is 0 Å². The first-order chi connectivity index (χ1) is 24.4. The lowest BCUT2D eigenvalue weighted by Gasteiger charge is -2.59. The van der Waals surface area contributed by atoms with Gasteiger partial charge in [-0.15, -0.1) is 11.3 Å². The quantitative estimate of drug-likeness (QED) is 0.184. The Kier molecular flexibility index (Phi) is 10.1. The van der Waals surface area contributed by atoms with Crippen LogP contribution in [0.1, 0.15) is 99.5 Å². The average molecular weight is 736 g/mol. The molecule has 2 fully saturated rings. The molecule has 52 heavy (non-hydrogen) atoms. The molecule has 3 heterocycles. The van der Waals surface area contributed by atoms with Gasteiger partial charge in [-0.1, -0.05) is 57.2 Å². The Morgan fingerprint density at radius 3 is 2.31 bits per heavy atom. The highest BCUT2D eigenvalue weighted by atomic mass is 32.1. The summed E-state index contributed by atoms with van der Waals surface area (Å²) in [6.45, 7) is 15.4. The molecule has 0 bridgehead atoms. The number of amides is 3. The molecule has 1 N–H and O–H groups in total. The van der Waals surface area contributed by atoms with Crippen LogP contribution >= 0.6 is 11.3 Å². The fourth-order valence-corrected chi connectivity index (χ4v) is 7.64. The second kappa shape index (κ2) is 14.1. The van der Waals surface area contributed by atoms with E-state index in [9.17, 15) is 23.2 Å². The van der Waals surface area contributed by atoms with Crippen molar-refractivity contribution in [3.05, 3.63) is 81.5 Å². The zero-order valence-electron chi connectivity index (χ0n) is 30.7. The topological polar surface area (TPSA) is 106 Å². The van der Waals surface area contributed by atoms with Gasteiger partial charge in [0.05, 0.1) is 20.8 Å². The van der Waals surface area contributed by atoms with Crippen LogP contribution in [-0.4, -0.2) is 62.2 Å². The number of nitrogens with zero attached hydrogens (tertiary/aromatic N) is 4. The van der Waals surface area contributed by atoms with E-state index in [-0.39, 0.29) is 51.9 Å². The van der Waals surface area contributed by atoms with E-state index in [0.717, 1.165) is 40.8 Å². The number of benzene rings is 2. The minimum absolute atomic E-state index is 0.0164. The summed E-state index contributed by atoms with van der Waals surface area (Å²) in [6.07, 6.45) is -1.89. The number of halogens is 2. The molecule has 1 atom stereocenters. The Morgan fingerprint density at radius 1 is 1.00 bits per heavy atom. The number of imidazole rings is 1. The zero-order chi connectivity index (χ0) is 37.6. The maximum absolute atomic E-state index is 13.6. The van der Waals surface area contributed by atoms with Gasteiger partial charge in [0.2, 0.25) is 5.95 Å². The van der Waals surface area contributed by atoms with E-state index < -0.39 is 24.0 Å². The van der Waals surface area contributed by atoms with Crippen LogP contribution in [0.25, 0.3) is 11.0 Å². The number of fused-ring (bicyclic) bond motifs is 1. The number of carbonyl (C=O) groups is 3. The number of nitrogens with one attached hydrogen (secondary N) is 1. The third kappa shape index (κ3) is 8.09. The van der Waals surface area contributed by atoms with Crippen LogP contribution in [0.5, 0.6) is 0 Å². The molecule has 4 aromatic rings. The van der Waals surface area contributed by atoms with Crippen molar-refractivity contribution in [3.8, 4) is 0 Å². The lowest BCUT2D eigenvalue weighted by Crippen LogP contribution is -2.64. The number of ether oxygens (including phenoxy) is 2. The SMILES string of the molecule is C[C@H](N(Cc1ccc2c(c1)nc(NC(=O)c1ccc(C(F)F)s1)n2C1CC2(C1)CN(C(=O)OC(C)(C)C)C2)C(=O)OCc1ccccc1)C(C)(C)C. The maximum Gasteiger partial charge on any atom is 0.410 e. The molecule has 10 nitrogen and oxygen atoms in total. The summed E-state index contributed by atoms with van der Waals surface area (Å²) < 4.78 is 40.0. The molecule has 6 rings (SSSR count). The van der Waals surface area contributed by atoms with Crippen LogP contribution in [0, 0.1) is 10.8 Å². The van der Waals surface area contributed by atoms with Crippen LogP contribution in [0.2, 0.25) is 0 Å². The number of alkyl halides is 2. The van der Waals surface area contributed by atoms with E-state index in [1.54, 1.807) is 9.80 Å². The van der Waals surface area contributed by atoms with Crippen molar-refractivity contribution < 1.29 is 32.6 Å². The first kappa shape index (κ1) is 37.2. The second-order valence-corrected chi connectivity index (χ2v) is 17.3. The Balaban J connectivity index is 1.25. The van der Waals surface area contributed by atoms with Crippen LogP contribution in [-0.2, 0) is 22.6 Å². The molecule has 0 unspecified atom stereocenters. The second-order valence-electron chi connectivity index (χ2n) is 16.2. The summed E-state index contributed by atoms with van der Waals surface area (Å²) >= 11 is 0.750. The van der Waals surface area contributed by atoms with Crippen molar-refractivity contribution in [2.75, 3.05) is 18.4 Å². The lowest BCUT2D eigenvalue weighted by atomic mass is 9.60. The van der Waals surface area contributed by atoms with Crippen molar-refractivity contribution in [2.45, 2.75) is 98.6 Å². The van der Waals surface area contributed by atoms with Gasteiger partial charge < -0.3 is 23.8 Å². The number of thiophene rings is 1. The van der Waals surface area contributed by atoms with E-state index in [2.05, 4.69) is 26.1 Å². The van der Waals surface area contributed by atoms with Crippen molar-refractivity contribution in [1.29, 1.82) is 0 Å². The number of carbonyl (C=O) groups excluding carboxylic acids is 3. The average Bonchev–Trinajstić information content (AvgIpc) is 3.66. The molecule has 0 radical (unpaired) electrons. The van der Waals surface area contributed by atoms with E-state index in [0.29, 0.717) is 24.6 Å². The molecule has 1 saturated carbocycles. The van der Waals surface area contributed by atoms with Gasteiger partial charge in [-0.05, 0) is 81.3 Å². The van der Waals surface area contributed by atoms with Crippen molar-refractivity contribution in [2.24, 2.45) is 10.8 Å². The van der Waals surface area contributed by atoms with Gasteiger partial charge >= 0.3 is 12.2 Å². The molecule has 1 aliphatic carbocycles. The monoisotopic (exact) mass is 735 g/mol. The number of hydrogen-bond acceptors (Lipinski definition) is 7. The number of rotatable bonds is 9. The van der Waals surface area contributed by atoms with Crippen molar-refractivity contribution in [3.63, 3.8) is 0 Å². The molecule has 3 amide bonds. The van der Waals surface area contributed by atoms with Gasteiger partial charge in [0, 0.05) is 37.1 Å². The summed E-state index contributed by atoms with van der Waals surface area (Å²) in [4.78, 5) is 47.8. The predicted molar refractivity (Wildman–Crippen MR) is 197 cm³/mol. The van der Waals surface area contributed by atoms with Crippen LogP contribution < -0.4 is 5.32 Å². The maximum atomic E-state index is 13.6. The number of aromatic nitrogens is 2. The lowest BCUT2D eigenvalue weighted by molar-refractivity contribution is -0.0896. The normalized spacial score (nSPS) is 16.4.